The zero-order valence-electron chi connectivity index (χ0n) is 21.5. The van der Waals surface area contributed by atoms with E-state index in [2.05, 4.69) is 0 Å². The summed E-state index contributed by atoms with van der Waals surface area (Å²) >= 11 is 0. The molecule has 0 saturated heterocycles. The minimum Gasteiger partial charge on any atom is -0.496 e. The first-order chi connectivity index (χ1) is 17.0. The van der Waals surface area contributed by atoms with E-state index in [0.717, 1.165) is 0 Å². The highest BCUT2D eigenvalue weighted by Gasteiger charge is 2.53. The zero-order chi connectivity index (χ0) is 26.1. The third kappa shape index (κ3) is 3.44. The predicted octanol–water partition coefficient (Wildman–Crippen LogP) is 5.05. The molecule has 1 N–H and O–H groups in total. The Balaban J connectivity index is 1.90. The van der Waals surface area contributed by atoms with Crippen LogP contribution in [0.5, 0.6) is 5.75 Å². The number of likely N-dealkylation sites (N-methyl/N-ethyl adjacent to an activating group) is 1. The molecule has 0 fully saturated rings. The maximum Gasteiger partial charge on any atom is 0.336 e. The summed E-state index contributed by atoms with van der Waals surface area (Å²) in [4.78, 5) is 41.9. The first kappa shape index (κ1) is 24.1. The highest BCUT2D eigenvalue weighted by Crippen LogP contribution is 2.55. The Hall–Kier alpha value is -3.61. The molecule has 0 unspecified atom stereocenters. The van der Waals surface area contributed by atoms with Crippen LogP contribution < -0.4 is 4.74 Å². The normalized spacial score (nSPS) is 23.2. The number of benzene rings is 2. The van der Waals surface area contributed by atoms with Gasteiger partial charge in [-0.15, -0.1) is 0 Å². The van der Waals surface area contributed by atoms with Crippen molar-refractivity contribution in [2.24, 2.45) is 11.3 Å². The Labute approximate surface area is 210 Å². The number of allylic oxidation sites excluding steroid dienone is 2. The molecule has 1 aliphatic carbocycles. The van der Waals surface area contributed by atoms with E-state index >= 15 is 0 Å². The van der Waals surface area contributed by atoms with Crippen LogP contribution in [-0.4, -0.2) is 47.9 Å². The van der Waals surface area contributed by atoms with Crippen molar-refractivity contribution >= 4 is 28.4 Å². The molecule has 0 aromatic heterocycles. The van der Waals surface area contributed by atoms with E-state index < -0.39 is 11.9 Å². The number of methoxy groups -OCH3 is 1. The molecule has 2 heterocycles. The van der Waals surface area contributed by atoms with Gasteiger partial charge in [0.25, 0.3) is 5.91 Å². The fraction of sp³-hybridized carbons (Fsp3) is 0.414. The van der Waals surface area contributed by atoms with E-state index in [0.29, 0.717) is 51.2 Å². The molecule has 1 amide bonds. The van der Waals surface area contributed by atoms with Crippen molar-refractivity contribution in [2.45, 2.75) is 52.5 Å². The summed E-state index contributed by atoms with van der Waals surface area (Å²) in [7, 11) is 3.21. The molecule has 0 bridgehead atoms. The number of nitrogens with zero attached hydrogens (tertiary/aromatic N) is 1. The van der Waals surface area contributed by atoms with Crippen LogP contribution >= 0.6 is 0 Å². The summed E-state index contributed by atoms with van der Waals surface area (Å²) in [5, 5.41) is 11.7. The minimum atomic E-state index is -1.14. The third-order valence-electron chi connectivity index (χ3n) is 7.60. The molecule has 2 atom stereocenters. The van der Waals surface area contributed by atoms with Gasteiger partial charge in [0.05, 0.1) is 30.2 Å². The van der Waals surface area contributed by atoms with Crippen molar-refractivity contribution in [1.29, 1.82) is 0 Å². The predicted molar refractivity (Wildman–Crippen MR) is 135 cm³/mol. The van der Waals surface area contributed by atoms with E-state index in [-0.39, 0.29) is 41.0 Å². The van der Waals surface area contributed by atoms with E-state index in [9.17, 15) is 19.5 Å². The van der Waals surface area contributed by atoms with Gasteiger partial charge in [-0.1, -0.05) is 52.0 Å². The Morgan fingerprint density at radius 2 is 1.86 bits per heavy atom. The number of ketones is 1. The second kappa shape index (κ2) is 8.22. The second-order valence-electron chi connectivity index (χ2n) is 11.1. The van der Waals surface area contributed by atoms with Gasteiger partial charge in [-0.2, -0.15) is 0 Å². The average Bonchev–Trinajstić information content (AvgIpc) is 3.05. The van der Waals surface area contributed by atoms with Crippen LogP contribution in [0.2, 0.25) is 0 Å². The Morgan fingerprint density at radius 1 is 1.17 bits per heavy atom. The van der Waals surface area contributed by atoms with E-state index in [1.807, 2.05) is 39.8 Å². The maximum absolute atomic E-state index is 13.8. The van der Waals surface area contributed by atoms with E-state index in [1.165, 1.54) is 7.11 Å². The van der Waals surface area contributed by atoms with Crippen molar-refractivity contribution in [3.8, 4) is 5.75 Å². The number of rotatable bonds is 4. The molecule has 0 saturated carbocycles. The van der Waals surface area contributed by atoms with Crippen LogP contribution in [0.15, 0.2) is 53.0 Å². The number of carboxylic acid groups (broad SMARTS) is 1. The van der Waals surface area contributed by atoms with Crippen LogP contribution in [0, 0.1) is 11.3 Å². The molecular formula is C29H31NO6. The highest BCUT2D eigenvalue weighted by molar-refractivity contribution is 6.11. The van der Waals surface area contributed by atoms with Crippen molar-refractivity contribution in [2.75, 3.05) is 14.2 Å². The maximum atomic E-state index is 13.8. The van der Waals surface area contributed by atoms with Crippen molar-refractivity contribution in [3.63, 3.8) is 0 Å². The van der Waals surface area contributed by atoms with Gasteiger partial charge in [0.15, 0.2) is 5.78 Å². The van der Waals surface area contributed by atoms with Crippen LogP contribution in [0.1, 0.15) is 62.4 Å². The van der Waals surface area contributed by atoms with Gasteiger partial charge in [-0.05, 0) is 28.2 Å². The molecule has 2 aliphatic heterocycles. The average molecular weight is 490 g/mol. The number of amides is 1. The van der Waals surface area contributed by atoms with Gasteiger partial charge < -0.3 is 19.5 Å². The van der Waals surface area contributed by atoms with Crippen molar-refractivity contribution in [3.05, 3.63) is 64.1 Å². The Bertz CT molecular complexity index is 1400. The minimum absolute atomic E-state index is 0.0385. The molecule has 5 rings (SSSR count). The van der Waals surface area contributed by atoms with Crippen LogP contribution in [0.25, 0.3) is 10.8 Å². The molecule has 7 nitrogen and oxygen atoms in total. The van der Waals surface area contributed by atoms with Gasteiger partial charge in [0.2, 0.25) is 0 Å². The fourth-order valence-electron chi connectivity index (χ4n) is 6.17. The molecule has 2 aromatic rings. The van der Waals surface area contributed by atoms with Gasteiger partial charge in [0.1, 0.15) is 17.3 Å². The number of fused-ring (bicyclic) bond motifs is 1. The van der Waals surface area contributed by atoms with E-state index in [4.69, 9.17) is 9.47 Å². The Kier molecular flexibility index (Phi) is 5.50. The first-order valence-corrected chi connectivity index (χ1v) is 12.2. The smallest absolute Gasteiger partial charge is 0.336 e. The lowest BCUT2D eigenvalue weighted by molar-refractivity contribution is -0.126. The quantitative estimate of drug-likeness (QED) is 0.646. The summed E-state index contributed by atoms with van der Waals surface area (Å²) in [6.45, 7) is 8.06. The standard InChI is InChI=1S/C29H31NO6/c1-14(2)25-26-24(27(32)30(25)5)23(21-17(31)12-29(3,4)13-19(21)36-26)22-18(35-6)11-15-9-7-8-10-16(15)20(22)28(33)34/h7-11,14,23,25H,12-13H2,1-6H3,(H,33,34)/t23-,25-/m1/s1. The first-order valence-electron chi connectivity index (χ1n) is 12.2. The molecule has 188 valence electrons. The summed E-state index contributed by atoms with van der Waals surface area (Å²) in [6, 6.07) is 8.65. The number of carbonyl (C=O) groups is 3. The Morgan fingerprint density at radius 3 is 2.50 bits per heavy atom. The SMILES string of the molecule is COc1cc2ccccc2c(C(=O)O)c1[C@H]1C2=C(CC(C)(C)CC2=O)OC2=C1C(=O)N(C)[C@@H]2C(C)C. The topological polar surface area (TPSA) is 93.1 Å². The zero-order valence-corrected chi connectivity index (χ0v) is 21.5. The largest absolute Gasteiger partial charge is 0.496 e. The number of aromatic carboxylic acids is 1. The molecule has 0 radical (unpaired) electrons. The summed E-state index contributed by atoms with van der Waals surface area (Å²) in [6.07, 6.45) is 0.798. The van der Waals surface area contributed by atoms with Crippen molar-refractivity contribution in [1.82, 2.24) is 4.90 Å². The second-order valence-corrected chi connectivity index (χ2v) is 11.1. The lowest BCUT2D eigenvalue weighted by Gasteiger charge is -2.39. The highest BCUT2D eigenvalue weighted by atomic mass is 16.5. The van der Waals surface area contributed by atoms with Crippen LogP contribution in [0.3, 0.4) is 0 Å². The number of carboxylic acids is 1. The van der Waals surface area contributed by atoms with E-state index in [1.54, 1.807) is 30.1 Å². The molecule has 2 aromatic carbocycles. The van der Waals surface area contributed by atoms with Gasteiger partial charge in [-0.3, -0.25) is 9.59 Å². The lowest BCUT2D eigenvalue weighted by Crippen LogP contribution is -2.36. The fourth-order valence-corrected chi connectivity index (χ4v) is 6.17. The van der Waals surface area contributed by atoms with Crippen molar-refractivity contribution < 1.29 is 29.0 Å². The van der Waals surface area contributed by atoms with Gasteiger partial charge in [-0.25, -0.2) is 4.79 Å². The molecule has 36 heavy (non-hydrogen) atoms. The van der Waals surface area contributed by atoms with Gasteiger partial charge in [0, 0.05) is 31.0 Å². The number of Topliss-reactive ketones (excluding diaryl/α,β-unsaturated/α-hetero) is 1. The summed E-state index contributed by atoms with van der Waals surface area (Å²) in [5.41, 5.74) is 0.751. The summed E-state index contributed by atoms with van der Waals surface area (Å²) in [5.74, 6) is -0.997. The monoisotopic (exact) mass is 489 g/mol. The number of ether oxygens (including phenoxy) is 2. The van der Waals surface area contributed by atoms with Crippen LogP contribution in [0.4, 0.5) is 0 Å². The molecule has 0 spiro atoms. The lowest BCUT2D eigenvalue weighted by atomic mass is 9.68. The third-order valence-corrected chi connectivity index (χ3v) is 7.60. The number of hydrogen-bond donors (Lipinski definition) is 1. The summed E-state index contributed by atoms with van der Waals surface area (Å²) < 4.78 is 12.2. The van der Waals surface area contributed by atoms with Gasteiger partial charge >= 0.3 is 5.97 Å². The number of carbonyl (C=O) groups excluding carboxylic acids is 2. The van der Waals surface area contributed by atoms with Crippen LogP contribution in [-0.2, 0) is 14.3 Å². The molecule has 7 heteroatoms. The molecular weight excluding hydrogens is 458 g/mol. The molecule has 3 aliphatic rings. The number of hydrogen-bond acceptors (Lipinski definition) is 5.